The minimum absolute atomic E-state index is 0.0916. The Kier molecular flexibility index (Phi) is 6.49. The summed E-state index contributed by atoms with van der Waals surface area (Å²) in [4.78, 5) is 13.0. The van der Waals surface area contributed by atoms with Gasteiger partial charge < -0.3 is 14.3 Å². The van der Waals surface area contributed by atoms with E-state index in [4.69, 9.17) is 4.42 Å². The number of carbonyl (C=O) groups is 1. The molecule has 5 aromatic rings. The highest BCUT2D eigenvalue weighted by Gasteiger charge is 2.23. The van der Waals surface area contributed by atoms with Crippen LogP contribution in [-0.2, 0) is 17.9 Å². The van der Waals surface area contributed by atoms with Crippen molar-refractivity contribution in [2.45, 2.75) is 32.4 Å². The summed E-state index contributed by atoms with van der Waals surface area (Å²) in [7, 11) is 0. The molecule has 0 saturated carbocycles. The molecule has 176 valence electrons. The van der Waals surface area contributed by atoms with Crippen LogP contribution in [-0.4, -0.2) is 10.5 Å². The minimum Gasteiger partial charge on any atom is -0.467 e. The van der Waals surface area contributed by atoms with Gasteiger partial charge in [-0.25, -0.2) is 4.39 Å². The second kappa shape index (κ2) is 10.0. The number of amides is 1. The fourth-order valence-corrected chi connectivity index (χ4v) is 4.53. The summed E-state index contributed by atoms with van der Waals surface area (Å²) in [6.45, 7) is 3.13. The normalized spacial score (nSPS) is 12.1. The first kappa shape index (κ1) is 22.7. The number of aromatic nitrogens is 1. The molecular formula is C30H27FN2O2. The Bertz CT molecular complexity index is 1420. The van der Waals surface area contributed by atoms with Crippen LogP contribution >= 0.6 is 0 Å². The molecule has 0 aliphatic carbocycles. The van der Waals surface area contributed by atoms with Crippen LogP contribution in [0.2, 0.25) is 0 Å². The number of hydrogen-bond acceptors (Lipinski definition) is 2. The zero-order valence-electron chi connectivity index (χ0n) is 19.6. The zero-order chi connectivity index (χ0) is 24.2. The molecule has 2 heterocycles. The lowest BCUT2D eigenvalue weighted by Gasteiger charge is -2.17. The third-order valence-electron chi connectivity index (χ3n) is 6.37. The molecule has 0 fully saturated rings. The van der Waals surface area contributed by atoms with Crippen molar-refractivity contribution in [2.24, 2.45) is 0 Å². The van der Waals surface area contributed by atoms with E-state index in [9.17, 15) is 9.18 Å². The summed E-state index contributed by atoms with van der Waals surface area (Å²) in [5, 5.41) is 4.04. The molecule has 0 saturated heterocycles. The lowest BCUT2D eigenvalue weighted by molar-refractivity contribution is -0.121. The largest absolute Gasteiger partial charge is 0.467 e. The highest BCUT2D eigenvalue weighted by molar-refractivity contribution is 5.86. The quantitative estimate of drug-likeness (QED) is 0.281. The van der Waals surface area contributed by atoms with Crippen molar-refractivity contribution in [2.75, 3.05) is 0 Å². The second-order valence-electron chi connectivity index (χ2n) is 8.88. The molecule has 5 rings (SSSR count). The lowest BCUT2D eigenvalue weighted by Crippen LogP contribution is -2.24. The average Bonchev–Trinajstić information content (AvgIpc) is 3.52. The Morgan fingerprint density at radius 1 is 0.971 bits per heavy atom. The molecule has 3 aromatic carbocycles. The van der Waals surface area contributed by atoms with Gasteiger partial charge in [0, 0.05) is 36.0 Å². The SMILES string of the molecule is Cc1ccc(Cn2cc(C(CC(=O)NCc3ccco3)c3ccc(F)cc3)c3ccccc32)cc1. The van der Waals surface area contributed by atoms with Crippen molar-refractivity contribution in [1.29, 1.82) is 0 Å². The van der Waals surface area contributed by atoms with Crippen LogP contribution in [0.15, 0.2) is 102 Å². The number of benzene rings is 3. The second-order valence-corrected chi connectivity index (χ2v) is 8.88. The van der Waals surface area contributed by atoms with Crippen LogP contribution in [0, 0.1) is 12.7 Å². The maximum absolute atomic E-state index is 13.7. The van der Waals surface area contributed by atoms with E-state index in [-0.39, 0.29) is 24.1 Å². The van der Waals surface area contributed by atoms with Gasteiger partial charge in [0.15, 0.2) is 0 Å². The van der Waals surface area contributed by atoms with Crippen LogP contribution in [0.1, 0.15) is 40.4 Å². The van der Waals surface area contributed by atoms with Crippen molar-refractivity contribution in [3.05, 3.63) is 131 Å². The predicted molar refractivity (Wildman–Crippen MR) is 136 cm³/mol. The Morgan fingerprint density at radius 3 is 2.49 bits per heavy atom. The Balaban J connectivity index is 1.50. The average molecular weight is 467 g/mol. The van der Waals surface area contributed by atoms with Gasteiger partial charge in [-0.2, -0.15) is 0 Å². The van der Waals surface area contributed by atoms with Crippen LogP contribution < -0.4 is 5.32 Å². The monoisotopic (exact) mass is 466 g/mol. The van der Waals surface area contributed by atoms with Gasteiger partial charge in [-0.1, -0.05) is 60.2 Å². The number of nitrogens with zero attached hydrogens (tertiary/aromatic N) is 1. The summed E-state index contributed by atoms with van der Waals surface area (Å²) in [5.74, 6) is 0.0883. The first-order valence-corrected chi connectivity index (χ1v) is 11.7. The third-order valence-corrected chi connectivity index (χ3v) is 6.37. The number of para-hydroxylation sites is 1. The number of carbonyl (C=O) groups excluding carboxylic acids is 1. The molecule has 0 radical (unpaired) electrons. The van der Waals surface area contributed by atoms with Gasteiger partial charge in [-0.15, -0.1) is 0 Å². The number of rotatable bonds is 8. The van der Waals surface area contributed by atoms with Crippen LogP contribution in [0.25, 0.3) is 10.9 Å². The maximum atomic E-state index is 13.7. The first-order chi connectivity index (χ1) is 17.1. The Hall–Kier alpha value is -4.12. The van der Waals surface area contributed by atoms with E-state index in [1.54, 1.807) is 24.5 Å². The van der Waals surface area contributed by atoms with Crippen molar-refractivity contribution >= 4 is 16.8 Å². The lowest BCUT2D eigenvalue weighted by atomic mass is 9.88. The number of aryl methyl sites for hydroxylation is 1. The van der Waals surface area contributed by atoms with Crippen LogP contribution in [0.3, 0.4) is 0 Å². The van der Waals surface area contributed by atoms with E-state index in [0.717, 1.165) is 28.6 Å². The smallest absolute Gasteiger partial charge is 0.221 e. The summed E-state index contributed by atoms with van der Waals surface area (Å²) in [5.41, 5.74) is 5.48. The highest BCUT2D eigenvalue weighted by Crippen LogP contribution is 2.35. The fourth-order valence-electron chi connectivity index (χ4n) is 4.53. The van der Waals surface area contributed by atoms with Gasteiger partial charge in [0.1, 0.15) is 11.6 Å². The number of nitrogens with one attached hydrogen (secondary N) is 1. The van der Waals surface area contributed by atoms with Gasteiger partial charge in [-0.3, -0.25) is 4.79 Å². The van der Waals surface area contributed by atoms with E-state index in [2.05, 4.69) is 59.4 Å². The summed E-state index contributed by atoms with van der Waals surface area (Å²) in [6.07, 6.45) is 3.97. The molecule has 2 aromatic heterocycles. The van der Waals surface area contributed by atoms with E-state index in [1.165, 1.54) is 23.3 Å². The van der Waals surface area contributed by atoms with Crippen molar-refractivity contribution < 1.29 is 13.6 Å². The number of furan rings is 1. The van der Waals surface area contributed by atoms with E-state index >= 15 is 0 Å². The van der Waals surface area contributed by atoms with Crippen LogP contribution in [0.5, 0.6) is 0 Å². The topological polar surface area (TPSA) is 47.2 Å². The fraction of sp³-hybridized carbons (Fsp3) is 0.167. The van der Waals surface area contributed by atoms with E-state index in [0.29, 0.717) is 12.3 Å². The molecule has 0 bridgehead atoms. The number of hydrogen-bond donors (Lipinski definition) is 1. The molecule has 35 heavy (non-hydrogen) atoms. The van der Waals surface area contributed by atoms with Gasteiger partial charge in [0.2, 0.25) is 5.91 Å². The van der Waals surface area contributed by atoms with Crippen molar-refractivity contribution in [3.63, 3.8) is 0 Å². The van der Waals surface area contributed by atoms with E-state index < -0.39 is 0 Å². The van der Waals surface area contributed by atoms with Gasteiger partial charge in [0.05, 0.1) is 12.8 Å². The summed E-state index contributed by atoms with van der Waals surface area (Å²) >= 11 is 0. The standard InChI is InChI=1S/C30H27FN2O2/c1-21-8-10-22(11-9-21)19-33-20-28(26-6-2-3-7-29(26)33)27(23-12-14-24(31)15-13-23)17-30(34)32-18-25-5-4-16-35-25/h2-16,20,27H,17-19H2,1H3,(H,32,34). The van der Waals surface area contributed by atoms with Gasteiger partial charge >= 0.3 is 0 Å². The van der Waals surface area contributed by atoms with Gasteiger partial charge in [0.25, 0.3) is 0 Å². The summed E-state index contributed by atoms with van der Waals surface area (Å²) in [6, 6.07) is 26.8. The van der Waals surface area contributed by atoms with Gasteiger partial charge in [-0.05, 0) is 53.9 Å². The Morgan fingerprint density at radius 2 is 1.74 bits per heavy atom. The molecule has 0 aliphatic rings. The molecule has 1 amide bonds. The molecule has 1 unspecified atom stereocenters. The molecule has 4 nitrogen and oxygen atoms in total. The number of fused-ring (bicyclic) bond motifs is 1. The van der Waals surface area contributed by atoms with Crippen molar-refractivity contribution in [1.82, 2.24) is 9.88 Å². The molecule has 0 spiro atoms. The van der Waals surface area contributed by atoms with E-state index in [1.807, 2.05) is 18.2 Å². The maximum Gasteiger partial charge on any atom is 0.221 e. The third kappa shape index (κ3) is 5.19. The minimum atomic E-state index is -0.295. The Labute approximate surface area is 204 Å². The number of halogens is 1. The molecular weight excluding hydrogens is 439 g/mol. The predicted octanol–water partition coefficient (Wildman–Crippen LogP) is 6.57. The van der Waals surface area contributed by atoms with Crippen molar-refractivity contribution in [3.8, 4) is 0 Å². The highest BCUT2D eigenvalue weighted by atomic mass is 19.1. The molecule has 5 heteroatoms. The molecule has 0 aliphatic heterocycles. The first-order valence-electron chi connectivity index (χ1n) is 11.7. The summed E-state index contributed by atoms with van der Waals surface area (Å²) < 4.78 is 21.3. The van der Waals surface area contributed by atoms with Crippen LogP contribution in [0.4, 0.5) is 4.39 Å². The molecule has 1 N–H and O–H groups in total. The zero-order valence-corrected chi connectivity index (χ0v) is 19.6. The molecule has 1 atom stereocenters.